The van der Waals surface area contributed by atoms with Crippen molar-refractivity contribution in [1.82, 2.24) is 20.1 Å². The van der Waals surface area contributed by atoms with Crippen LogP contribution in [0.15, 0.2) is 23.2 Å². The topological polar surface area (TPSA) is 85.6 Å². The van der Waals surface area contributed by atoms with Gasteiger partial charge in [0, 0.05) is 38.2 Å². The first kappa shape index (κ1) is 20.7. The van der Waals surface area contributed by atoms with Gasteiger partial charge in [-0.1, -0.05) is 6.42 Å². The van der Waals surface area contributed by atoms with Crippen LogP contribution in [-0.4, -0.2) is 41.0 Å². The van der Waals surface area contributed by atoms with Gasteiger partial charge in [-0.2, -0.15) is 0 Å². The smallest absolute Gasteiger partial charge is 0.195 e. The van der Waals surface area contributed by atoms with E-state index in [1.807, 2.05) is 18.2 Å². The minimum atomic E-state index is 0. The maximum absolute atomic E-state index is 5.75. The van der Waals surface area contributed by atoms with Gasteiger partial charge in [0.25, 0.3) is 0 Å². The van der Waals surface area contributed by atoms with E-state index >= 15 is 0 Å². The zero-order chi connectivity index (χ0) is 18.5. The molecular weight excluding hydrogens is 471 g/mol. The van der Waals surface area contributed by atoms with Crippen molar-refractivity contribution in [1.29, 1.82) is 0 Å². The highest BCUT2D eigenvalue weighted by Crippen LogP contribution is 2.32. The summed E-state index contributed by atoms with van der Waals surface area (Å²) in [6.45, 7) is 2.93. The molecule has 2 aromatic rings. The first-order chi connectivity index (χ1) is 13.3. The van der Waals surface area contributed by atoms with Crippen LogP contribution < -0.4 is 20.1 Å². The lowest BCUT2D eigenvalue weighted by Crippen LogP contribution is -2.31. The number of hydrogen-bond acceptors (Lipinski definition) is 5. The summed E-state index contributed by atoms with van der Waals surface area (Å²) in [6, 6.07) is 5.83. The van der Waals surface area contributed by atoms with E-state index in [1.54, 1.807) is 7.05 Å². The molecule has 0 radical (unpaired) electrons. The van der Waals surface area contributed by atoms with E-state index < -0.39 is 0 Å². The lowest BCUT2D eigenvalue weighted by molar-refractivity contribution is 0.297. The third kappa shape index (κ3) is 4.86. The lowest BCUT2D eigenvalue weighted by Gasteiger charge is -2.14. The first-order valence-corrected chi connectivity index (χ1v) is 9.62. The summed E-state index contributed by atoms with van der Waals surface area (Å²) in [7, 11) is 1.75. The van der Waals surface area contributed by atoms with Gasteiger partial charge >= 0.3 is 0 Å². The number of nitrogens with zero attached hydrogens (tertiary/aromatic N) is 4. The van der Waals surface area contributed by atoms with Crippen molar-refractivity contribution in [2.24, 2.45) is 4.99 Å². The summed E-state index contributed by atoms with van der Waals surface area (Å²) >= 11 is 0. The van der Waals surface area contributed by atoms with Crippen molar-refractivity contribution in [3.63, 3.8) is 0 Å². The number of halogens is 1. The van der Waals surface area contributed by atoms with Gasteiger partial charge in [0.05, 0.1) is 19.8 Å². The SMILES string of the molecule is CN=C(NCc1nnc2n1CCCCC2)Nc1ccc2c(c1)OCCCO2.I. The Labute approximate surface area is 182 Å². The number of benzene rings is 1. The Morgan fingerprint density at radius 3 is 2.82 bits per heavy atom. The molecule has 1 aromatic carbocycles. The molecule has 0 atom stereocenters. The molecule has 9 heteroatoms. The molecule has 0 bridgehead atoms. The molecule has 0 fully saturated rings. The molecule has 152 valence electrons. The molecule has 3 heterocycles. The van der Waals surface area contributed by atoms with Crippen molar-refractivity contribution < 1.29 is 9.47 Å². The van der Waals surface area contributed by atoms with E-state index in [0.29, 0.717) is 25.7 Å². The van der Waals surface area contributed by atoms with Crippen LogP contribution in [0.5, 0.6) is 11.5 Å². The molecular formula is C19H27IN6O2. The fourth-order valence-corrected chi connectivity index (χ4v) is 3.40. The highest BCUT2D eigenvalue weighted by atomic mass is 127. The Bertz CT molecular complexity index is 823. The second-order valence-electron chi connectivity index (χ2n) is 6.76. The van der Waals surface area contributed by atoms with E-state index in [-0.39, 0.29) is 24.0 Å². The Kier molecular flexibility index (Phi) is 7.35. The molecule has 0 saturated carbocycles. The highest BCUT2D eigenvalue weighted by molar-refractivity contribution is 14.0. The lowest BCUT2D eigenvalue weighted by atomic mass is 10.2. The number of hydrogen-bond donors (Lipinski definition) is 2. The summed E-state index contributed by atoms with van der Waals surface area (Å²) in [5.41, 5.74) is 0.896. The van der Waals surface area contributed by atoms with Gasteiger partial charge in [0.2, 0.25) is 0 Å². The highest BCUT2D eigenvalue weighted by Gasteiger charge is 2.15. The largest absolute Gasteiger partial charge is 0.490 e. The van der Waals surface area contributed by atoms with Crippen LogP contribution in [0.3, 0.4) is 0 Å². The van der Waals surface area contributed by atoms with Crippen molar-refractivity contribution in [3.05, 3.63) is 29.8 Å². The van der Waals surface area contributed by atoms with Crippen LogP contribution in [0.1, 0.15) is 37.3 Å². The van der Waals surface area contributed by atoms with Gasteiger partial charge in [0.15, 0.2) is 23.3 Å². The standard InChI is InChI=1S/C19H26N6O2.HI/c1-20-19(21-13-18-24-23-17-6-3-2-4-9-25(17)18)22-14-7-8-15-16(12-14)27-11-5-10-26-15;/h7-8,12H,2-6,9-11,13H2,1H3,(H2,20,21,22);1H. The maximum Gasteiger partial charge on any atom is 0.195 e. The third-order valence-corrected chi connectivity index (χ3v) is 4.83. The summed E-state index contributed by atoms with van der Waals surface area (Å²) < 4.78 is 13.7. The molecule has 0 aliphatic carbocycles. The molecule has 2 N–H and O–H groups in total. The average Bonchev–Trinajstić information content (AvgIpc) is 2.86. The molecule has 28 heavy (non-hydrogen) atoms. The number of fused-ring (bicyclic) bond motifs is 2. The number of aromatic nitrogens is 3. The molecule has 2 aliphatic rings. The van der Waals surface area contributed by atoms with Gasteiger partial charge in [-0.05, 0) is 25.0 Å². The number of aliphatic imine (C=N–C) groups is 1. The number of anilines is 1. The van der Waals surface area contributed by atoms with Crippen molar-refractivity contribution in [2.75, 3.05) is 25.6 Å². The Morgan fingerprint density at radius 1 is 1.11 bits per heavy atom. The van der Waals surface area contributed by atoms with E-state index in [0.717, 1.165) is 48.2 Å². The van der Waals surface area contributed by atoms with Crippen LogP contribution >= 0.6 is 24.0 Å². The Hall–Kier alpha value is -2.04. The Morgan fingerprint density at radius 2 is 1.96 bits per heavy atom. The zero-order valence-corrected chi connectivity index (χ0v) is 18.4. The average molecular weight is 498 g/mol. The van der Waals surface area contributed by atoms with Crippen LogP contribution in [-0.2, 0) is 19.5 Å². The van der Waals surface area contributed by atoms with Crippen LogP contribution in [0.4, 0.5) is 5.69 Å². The van der Waals surface area contributed by atoms with E-state index in [2.05, 4.69) is 30.4 Å². The fourth-order valence-electron chi connectivity index (χ4n) is 3.40. The second-order valence-corrected chi connectivity index (χ2v) is 6.76. The van der Waals surface area contributed by atoms with Crippen molar-refractivity contribution in [3.8, 4) is 11.5 Å². The first-order valence-electron chi connectivity index (χ1n) is 9.62. The fraction of sp³-hybridized carbons (Fsp3) is 0.526. The monoisotopic (exact) mass is 498 g/mol. The van der Waals surface area contributed by atoms with Crippen molar-refractivity contribution in [2.45, 2.75) is 45.2 Å². The number of aryl methyl sites for hydroxylation is 1. The number of ether oxygens (including phenoxy) is 2. The molecule has 4 rings (SSSR count). The van der Waals surface area contributed by atoms with Gasteiger partial charge in [-0.3, -0.25) is 4.99 Å². The molecule has 8 nitrogen and oxygen atoms in total. The number of nitrogens with one attached hydrogen (secondary N) is 2. The van der Waals surface area contributed by atoms with Gasteiger partial charge in [0.1, 0.15) is 5.82 Å². The number of rotatable bonds is 3. The van der Waals surface area contributed by atoms with Crippen molar-refractivity contribution >= 4 is 35.6 Å². The molecule has 0 unspecified atom stereocenters. The third-order valence-electron chi connectivity index (χ3n) is 4.83. The molecule has 0 spiro atoms. The molecule has 0 amide bonds. The summed E-state index contributed by atoms with van der Waals surface area (Å²) in [4.78, 5) is 4.31. The predicted molar refractivity (Wildman–Crippen MR) is 119 cm³/mol. The molecule has 1 aromatic heterocycles. The van der Waals surface area contributed by atoms with Crippen LogP contribution in [0.2, 0.25) is 0 Å². The minimum absolute atomic E-state index is 0. The van der Waals surface area contributed by atoms with Crippen LogP contribution in [0.25, 0.3) is 0 Å². The minimum Gasteiger partial charge on any atom is -0.490 e. The zero-order valence-electron chi connectivity index (χ0n) is 16.1. The molecule has 0 saturated heterocycles. The van der Waals surface area contributed by atoms with Crippen LogP contribution in [0, 0.1) is 0 Å². The van der Waals surface area contributed by atoms with E-state index in [4.69, 9.17) is 9.47 Å². The summed E-state index contributed by atoms with van der Waals surface area (Å²) in [5, 5.41) is 15.3. The van der Waals surface area contributed by atoms with E-state index in [9.17, 15) is 0 Å². The summed E-state index contributed by atoms with van der Waals surface area (Å²) in [6.07, 6.45) is 5.53. The molecule has 2 aliphatic heterocycles. The van der Waals surface area contributed by atoms with Gasteiger partial charge in [-0.15, -0.1) is 34.2 Å². The Balaban J connectivity index is 0.00000225. The normalized spacial score (nSPS) is 16.2. The van der Waals surface area contributed by atoms with Gasteiger partial charge < -0.3 is 24.7 Å². The van der Waals surface area contributed by atoms with E-state index in [1.165, 1.54) is 19.3 Å². The predicted octanol–water partition coefficient (Wildman–Crippen LogP) is 2.97. The number of guanidine groups is 1. The summed E-state index contributed by atoms with van der Waals surface area (Å²) in [5.74, 6) is 4.27. The maximum atomic E-state index is 5.75. The van der Waals surface area contributed by atoms with Gasteiger partial charge in [-0.25, -0.2) is 0 Å². The quantitative estimate of drug-likeness (QED) is 0.385. The second kappa shape index (κ2) is 9.94.